The smallest absolute Gasteiger partial charge is 0.224 e. The van der Waals surface area contributed by atoms with Crippen molar-refractivity contribution in [3.05, 3.63) is 83.9 Å². The molecule has 0 radical (unpaired) electrons. The molecule has 0 atom stereocenters. The average Bonchev–Trinajstić information content (AvgIpc) is 2.63. The Balaban J connectivity index is 1.57. The molecule has 2 aromatic heterocycles. The zero-order chi connectivity index (χ0) is 16.8. The van der Waals surface area contributed by atoms with E-state index in [-0.39, 0.29) is 18.1 Å². The number of nitrogens with one attached hydrogen (secondary N) is 1. The van der Waals surface area contributed by atoms with Gasteiger partial charge in [-0.05, 0) is 35.4 Å². The number of nitrogens with zero attached hydrogens (tertiary/aromatic N) is 2. The predicted octanol–water partition coefficient (Wildman–Crippen LogP) is 3.14. The van der Waals surface area contributed by atoms with Crippen molar-refractivity contribution in [1.82, 2.24) is 15.3 Å². The van der Waals surface area contributed by atoms with E-state index in [0.29, 0.717) is 12.1 Å². The molecule has 0 fully saturated rings. The summed E-state index contributed by atoms with van der Waals surface area (Å²) in [6, 6.07) is 15.7. The van der Waals surface area contributed by atoms with Crippen molar-refractivity contribution in [2.24, 2.45) is 0 Å². The fourth-order valence-corrected chi connectivity index (χ4v) is 2.27. The molecule has 3 aromatic rings. The lowest BCUT2D eigenvalue weighted by molar-refractivity contribution is -0.120. The van der Waals surface area contributed by atoms with Gasteiger partial charge in [-0.15, -0.1) is 0 Å². The summed E-state index contributed by atoms with van der Waals surface area (Å²) in [6.07, 6.45) is 3.44. The highest BCUT2D eigenvalue weighted by molar-refractivity contribution is 5.78. The van der Waals surface area contributed by atoms with E-state index in [1.165, 1.54) is 6.07 Å². The first-order chi connectivity index (χ1) is 11.7. The Morgan fingerprint density at radius 2 is 1.75 bits per heavy atom. The normalized spacial score (nSPS) is 10.4. The van der Waals surface area contributed by atoms with E-state index in [9.17, 15) is 9.18 Å². The Morgan fingerprint density at radius 3 is 2.46 bits per heavy atom. The van der Waals surface area contributed by atoms with E-state index in [1.807, 2.05) is 30.3 Å². The molecule has 0 aliphatic rings. The molecule has 0 aliphatic carbocycles. The molecule has 120 valence electrons. The first-order valence-corrected chi connectivity index (χ1v) is 7.59. The molecule has 1 amide bonds. The number of amides is 1. The molecule has 0 saturated carbocycles. The number of rotatable bonds is 5. The van der Waals surface area contributed by atoms with Gasteiger partial charge in [-0.2, -0.15) is 0 Å². The summed E-state index contributed by atoms with van der Waals surface area (Å²) in [5, 5.41) is 2.77. The Labute approximate surface area is 139 Å². The van der Waals surface area contributed by atoms with Crippen LogP contribution >= 0.6 is 0 Å². The van der Waals surface area contributed by atoms with Gasteiger partial charge >= 0.3 is 0 Å². The summed E-state index contributed by atoms with van der Waals surface area (Å²) in [4.78, 5) is 20.5. The number of aromatic nitrogens is 2. The molecule has 24 heavy (non-hydrogen) atoms. The van der Waals surface area contributed by atoms with Crippen LogP contribution in [0, 0.1) is 5.82 Å². The van der Waals surface area contributed by atoms with Crippen LogP contribution < -0.4 is 5.32 Å². The van der Waals surface area contributed by atoms with Crippen molar-refractivity contribution in [1.29, 1.82) is 0 Å². The molecular weight excluding hydrogens is 305 g/mol. The van der Waals surface area contributed by atoms with Gasteiger partial charge in [-0.3, -0.25) is 14.8 Å². The topological polar surface area (TPSA) is 54.9 Å². The predicted molar refractivity (Wildman–Crippen MR) is 89.4 cm³/mol. The van der Waals surface area contributed by atoms with Crippen molar-refractivity contribution in [3.63, 3.8) is 0 Å². The van der Waals surface area contributed by atoms with Crippen LogP contribution in [0.4, 0.5) is 4.39 Å². The Bertz CT molecular complexity index is 820. The molecule has 4 nitrogen and oxygen atoms in total. The van der Waals surface area contributed by atoms with Crippen molar-refractivity contribution in [3.8, 4) is 11.4 Å². The molecule has 0 aliphatic heterocycles. The quantitative estimate of drug-likeness (QED) is 0.785. The molecule has 0 bridgehead atoms. The SMILES string of the molecule is O=C(Cc1ccccc1F)NCc1ccc(-c2ccccn2)nc1. The van der Waals surface area contributed by atoms with Crippen LogP contribution in [0.25, 0.3) is 11.4 Å². The van der Waals surface area contributed by atoms with Crippen molar-refractivity contribution in [2.45, 2.75) is 13.0 Å². The highest BCUT2D eigenvalue weighted by Gasteiger charge is 2.07. The van der Waals surface area contributed by atoms with Gasteiger partial charge in [-0.25, -0.2) is 4.39 Å². The number of carbonyl (C=O) groups is 1. The van der Waals surface area contributed by atoms with Crippen LogP contribution in [0.5, 0.6) is 0 Å². The summed E-state index contributed by atoms with van der Waals surface area (Å²) in [5.41, 5.74) is 2.83. The van der Waals surface area contributed by atoms with Crippen LogP contribution in [-0.4, -0.2) is 15.9 Å². The van der Waals surface area contributed by atoms with E-state index in [0.717, 1.165) is 17.0 Å². The summed E-state index contributed by atoms with van der Waals surface area (Å²) < 4.78 is 13.5. The van der Waals surface area contributed by atoms with Crippen LogP contribution in [0.2, 0.25) is 0 Å². The fourth-order valence-electron chi connectivity index (χ4n) is 2.27. The fraction of sp³-hybridized carbons (Fsp3) is 0.105. The minimum Gasteiger partial charge on any atom is -0.352 e. The van der Waals surface area contributed by atoms with E-state index in [2.05, 4.69) is 15.3 Å². The third-order valence-electron chi connectivity index (χ3n) is 3.55. The van der Waals surface area contributed by atoms with Crippen LogP contribution in [0.15, 0.2) is 67.0 Å². The molecule has 1 aromatic carbocycles. The lowest BCUT2D eigenvalue weighted by Crippen LogP contribution is -2.25. The second-order valence-corrected chi connectivity index (χ2v) is 5.31. The molecular formula is C19H16FN3O. The van der Waals surface area contributed by atoms with Crippen LogP contribution in [0.3, 0.4) is 0 Å². The van der Waals surface area contributed by atoms with E-state index < -0.39 is 0 Å². The van der Waals surface area contributed by atoms with Crippen molar-refractivity contribution < 1.29 is 9.18 Å². The van der Waals surface area contributed by atoms with Crippen molar-refractivity contribution >= 4 is 5.91 Å². The molecule has 0 spiro atoms. The second kappa shape index (κ2) is 7.46. The highest BCUT2D eigenvalue weighted by Crippen LogP contribution is 2.13. The van der Waals surface area contributed by atoms with E-state index >= 15 is 0 Å². The summed E-state index contributed by atoms with van der Waals surface area (Å²) in [6.45, 7) is 0.350. The maximum absolute atomic E-state index is 13.5. The van der Waals surface area contributed by atoms with E-state index in [1.54, 1.807) is 30.6 Å². The summed E-state index contributed by atoms with van der Waals surface area (Å²) >= 11 is 0. The Hall–Kier alpha value is -3.08. The standard InChI is InChI=1S/C19H16FN3O/c20-16-6-2-1-5-15(16)11-19(24)23-13-14-8-9-18(22-12-14)17-7-3-4-10-21-17/h1-10,12H,11,13H2,(H,23,24). The molecule has 1 N–H and O–H groups in total. The maximum Gasteiger partial charge on any atom is 0.224 e. The second-order valence-electron chi connectivity index (χ2n) is 5.31. The number of halogens is 1. The first kappa shape index (κ1) is 15.8. The van der Waals surface area contributed by atoms with Gasteiger partial charge in [-0.1, -0.05) is 30.3 Å². The summed E-state index contributed by atoms with van der Waals surface area (Å²) in [5.74, 6) is -0.595. The third-order valence-corrected chi connectivity index (χ3v) is 3.55. The number of carbonyl (C=O) groups excluding carboxylic acids is 1. The lowest BCUT2D eigenvalue weighted by Gasteiger charge is -2.07. The minimum absolute atomic E-state index is 0.0200. The zero-order valence-corrected chi connectivity index (χ0v) is 12.9. The number of hydrogen-bond donors (Lipinski definition) is 1. The monoisotopic (exact) mass is 321 g/mol. The minimum atomic E-state index is -0.367. The van der Waals surface area contributed by atoms with Gasteiger partial charge in [0, 0.05) is 18.9 Å². The van der Waals surface area contributed by atoms with Gasteiger partial charge in [0.15, 0.2) is 0 Å². The molecule has 0 saturated heterocycles. The van der Waals surface area contributed by atoms with Crippen LogP contribution in [-0.2, 0) is 17.8 Å². The first-order valence-electron chi connectivity index (χ1n) is 7.59. The van der Waals surface area contributed by atoms with Gasteiger partial charge < -0.3 is 5.32 Å². The number of benzene rings is 1. The average molecular weight is 321 g/mol. The molecule has 0 unspecified atom stereocenters. The van der Waals surface area contributed by atoms with Crippen molar-refractivity contribution in [2.75, 3.05) is 0 Å². The molecule has 3 rings (SSSR count). The number of pyridine rings is 2. The zero-order valence-electron chi connectivity index (χ0n) is 12.9. The largest absolute Gasteiger partial charge is 0.352 e. The van der Waals surface area contributed by atoms with Gasteiger partial charge in [0.1, 0.15) is 5.82 Å². The summed E-state index contributed by atoms with van der Waals surface area (Å²) in [7, 11) is 0. The highest BCUT2D eigenvalue weighted by atomic mass is 19.1. The lowest BCUT2D eigenvalue weighted by atomic mass is 10.1. The molecule has 5 heteroatoms. The van der Waals surface area contributed by atoms with Gasteiger partial charge in [0.05, 0.1) is 17.8 Å². The maximum atomic E-state index is 13.5. The Kier molecular flexibility index (Phi) is 4.91. The van der Waals surface area contributed by atoms with Gasteiger partial charge in [0.25, 0.3) is 0 Å². The molecule has 2 heterocycles. The van der Waals surface area contributed by atoms with E-state index in [4.69, 9.17) is 0 Å². The van der Waals surface area contributed by atoms with Gasteiger partial charge in [0.2, 0.25) is 5.91 Å². The third kappa shape index (κ3) is 4.01. The van der Waals surface area contributed by atoms with Crippen LogP contribution in [0.1, 0.15) is 11.1 Å². The Morgan fingerprint density at radius 1 is 0.958 bits per heavy atom. The number of hydrogen-bond acceptors (Lipinski definition) is 3.